The molecule has 0 saturated carbocycles. The fourth-order valence-corrected chi connectivity index (χ4v) is 1.63. The summed E-state index contributed by atoms with van der Waals surface area (Å²) in [7, 11) is 1.66. The molecular weight excluding hydrogens is 280 g/mol. The van der Waals surface area contributed by atoms with E-state index >= 15 is 0 Å². The number of methoxy groups -OCH3 is 1. The number of hydrogen-bond donors (Lipinski definition) is 2. The topological polar surface area (TPSA) is 59.6 Å². The van der Waals surface area contributed by atoms with Gasteiger partial charge in [-0.3, -0.25) is 0 Å². The van der Waals surface area contributed by atoms with Crippen molar-refractivity contribution in [2.75, 3.05) is 26.8 Å². The molecule has 0 aliphatic heterocycles. The normalized spacial score (nSPS) is 12.8. The first-order chi connectivity index (χ1) is 9.24. The van der Waals surface area contributed by atoms with Crippen LogP contribution < -0.4 is 10.6 Å². The molecule has 0 aromatic carbocycles. The molecule has 20 heavy (non-hydrogen) atoms. The molecule has 0 fully saturated rings. The minimum Gasteiger partial charge on any atom is -0.444 e. The van der Waals surface area contributed by atoms with Crippen LogP contribution in [0.1, 0.15) is 33.6 Å². The van der Waals surface area contributed by atoms with E-state index in [0.29, 0.717) is 24.7 Å². The highest BCUT2D eigenvalue weighted by Crippen LogP contribution is 2.06. The van der Waals surface area contributed by atoms with Crippen LogP contribution in [0.3, 0.4) is 0 Å². The summed E-state index contributed by atoms with van der Waals surface area (Å²) >= 11 is 5.72. The van der Waals surface area contributed by atoms with Crippen LogP contribution in [-0.2, 0) is 9.47 Å². The molecule has 6 heteroatoms. The number of carbonyl (C=O) groups is 1. The van der Waals surface area contributed by atoms with Crippen molar-refractivity contribution in [3.8, 4) is 0 Å². The number of hydrogen-bond acceptors (Lipinski definition) is 4. The number of alkyl carbamates (subject to hydrolysis) is 1. The second-order valence-electron chi connectivity index (χ2n) is 5.62. The zero-order chi connectivity index (χ0) is 15.6. The number of amides is 1. The largest absolute Gasteiger partial charge is 0.444 e. The summed E-state index contributed by atoms with van der Waals surface area (Å²) in [6.07, 6.45) is 1.31. The van der Waals surface area contributed by atoms with Crippen molar-refractivity contribution in [2.45, 2.75) is 45.3 Å². The maximum Gasteiger partial charge on any atom is 0.407 e. The van der Waals surface area contributed by atoms with Crippen LogP contribution in [0, 0.1) is 0 Å². The second-order valence-corrected chi connectivity index (χ2v) is 6.16. The summed E-state index contributed by atoms with van der Waals surface area (Å²) < 4.78 is 10.3. The molecule has 0 aromatic heterocycles. The minimum atomic E-state index is -0.467. The molecule has 2 N–H and O–H groups in total. The van der Waals surface area contributed by atoms with Crippen LogP contribution in [0.25, 0.3) is 0 Å². The van der Waals surface area contributed by atoms with Crippen molar-refractivity contribution in [1.29, 1.82) is 0 Å². The van der Waals surface area contributed by atoms with Crippen molar-refractivity contribution in [3.05, 3.63) is 11.6 Å². The SMILES string of the molecule is C=C(Cl)CNC(CCCNC(=O)OC(C)(C)C)COC. The summed E-state index contributed by atoms with van der Waals surface area (Å²) in [5.74, 6) is 0. The van der Waals surface area contributed by atoms with Gasteiger partial charge >= 0.3 is 6.09 Å². The molecular formula is C14H27ClN2O3. The summed E-state index contributed by atoms with van der Waals surface area (Å²) in [6, 6.07) is 0.191. The summed E-state index contributed by atoms with van der Waals surface area (Å²) in [5, 5.41) is 6.54. The standard InChI is InChI=1S/C14H27ClN2O3/c1-11(15)9-17-12(10-19-5)7-6-8-16-13(18)20-14(2,3)4/h12,17H,1,6-10H2,2-5H3,(H,16,18). The van der Waals surface area contributed by atoms with Gasteiger partial charge in [-0.1, -0.05) is 18.2 Å². The fraction of sp³-hybridized carbons (Fsp3) is 0.786. The van der Waals surface area contributed by atoms with Crippen LogP contribution in [0.4, 0.5) is 4.79 Å². The zero-order valence-electron chi connectivity index (χ0n) is 12.9. The molecule has 0 bridgehead atoms. The Morgan fingerprint density at radius 1 is 1.40 bits per heavy atom. The van der Waals surface area contributed by atoms with Gasteiger partial charge in [0.05, 0.1) is 6.61 Å². The molecule has 0 radical (unpaired) electrons. The predicted molar refractivity (Wildman–Crippen MR) is 82.1 cm³/mol. The molecule has 1 unspecified atom stereocenters. The number of carbonyl (C=O) groups excluding carboxylic acids is 1. The molecule has 0 spiro atoms. The van der Waals surface area contributed by atoms with E-state index in [1.165, 1.54) is 0 Å². The maximum absolute atomic E-state index is 11.4. The van der Waals surface area contributed by atoms with E-state index in [-0.39, 0.29) is 12.1 Å². The minimum absolute atomic E-state index is 0.191. The third kappa shape index (κ3) is 12.3. The van der Waals surface area contributed by atoms with Gasteiger partial charge in [0.2, 0.25) is 0 Å². The van der Waals surface area contributed by atoms with Crippen molar-refractivity contribution >= 4 is 17.7 Å². The Morgan fingerprint density at radius 2 is 2.05 bits per heavy atom. The molecule has 0 aromatic rings. The van der Waals surface area contributed by atoms with E-state index in [2.05, 4.69) is 17.2 Å². The Hall–Kier alpha value is -0.780. The van der Waals surface area contributed by atoms with Crippen molar-refractivity contribution in [2.24, 2.45) is 0 Å². The molecule has 0 saturated heterocycles. The van der Waals surface area contributed by atoms with Crippen molar-refractivity contribution < 1.29 is 14.3 Å². The van der Waals surface area contributed by atoms with Gasteiger partial charge in [-0.25, -0.2) is 4.79 Å². The number of rotatable bonds is 9. The lowest BCUT2D eigenvalue weighted by molar-refractivity contribution is 0.0526. The van der Waals surface area contributed by atoms with E-state index in [0.717, 1.165) is 12.8 Å². The lowest BCUT2D eigenvalue weighted by Gasteiger charge is -2.20. The Balaban J connectivity index is 3.82. The van der Waals surface area contributed by atoms with Gasteiger partial charge in [-0.2, -0.15) is 0 Å². The van der Waals surface area contributed by atoms with E-state index in [9.17, 15) is 4.79 Å². The summed E-state index contributed by atoms with van der Waals surface area (Å²) in [6.45, 7) is 10.9. The van der Waals surface area contributed by atoms with E-state index in [1.807, 2.05) is 20.8 Å². The number of nitrogens with one attached hydrogen (secondary N) is 2. The fourth-order valence-electron chi connectivity index (χ4n) is 1.55. The van der Waals surface area contributed by atoms with Gasteiger partial charge in [0.1, 0.15) is 5.60 Å². The van der Waals surface area contributed by atoms with Crippen molar-refractivity contribution in [1.82, 2.24) is 10.6 Å². The highest BCUT2D eigenvalue weighted by atomic mass is 35.5. The van der Waals surface area contributed by atoms with Gasteiger partial charge in [0, 0.05) is 31.3 Å². The zero-order valence-corrected chi connectivity index (χ0v) is 13.7. The molecule has 118 valence electrons. The van der Waals surface area contributed by atoms with Crippen molar-refractivity contribution in [3.63, 3.8) is 0 Å². The lowest BCUT2D eigenvalue weighted by Crippen LogP contribution is -2.36. The molecule has 5 nitrogen and oxygen atoms in total. The quantitative estimate of drug-likeness (QED) is 0.643. The van der Waals surface area contributed by atoms with Crippen LogP contribution in [-0.4, -0.2) is 44.5 Å². The van der Waals surface area contributed by atoms with E-state index in [1.54, 1.807) is 7.11 Å². The third-order valence-electron chi connectivity index (χ3n) is 2.35. The molecule has 0 heterocycles. The van der Waals surface area contributed by atoms with Gasteiger partial charge in [0.15, 0.2) is 0 Å². The van der Waals surface area contributed by atoms with Gasteiger partial charge < -0.3 is 20.1 Å². The maximum atomic E-state index is 11.4. The Bertz CT molecular complexity index is 303. The molecule has 1 atom stereocenters. The average molecular weight is 307 g/mol. The highest BCUT2D eigenvalue weighted by molar-refractivity contribution is 6.29. The van der Waals surface area contributed by atoms with Crippen LogP contribution >= 0.6 is 11.6 Å². The Kier molecular flexibility index (Phi) is 9.63. The summed E-state index contributed by atoms with van der Waals surface area (Å²) in [5.41, 5.74) is -0.467. The Morgan fingerprint density at radius 3 is 2.55 bits per heavy atom. The van der Waals surface area contributed by atoms with Crippen LogP contribution in [0.5, 0.6) is 0 Å². The third-order valence-corrected chi connectivity index (χ3v) is 2.48. The molecule has 0 aliphatic carbocycles. The smallest absolute Gasteiger partial charge is 0.407 e. The monoisotopic (exact) mass is 306 g/mol. The van der Waals surface area contributed by atoms with Crippen LogP contribution in [0.2, 0.25) is 0 Å². The van der Waals surface area contributed by atoms with Gasteiger partial charge in [-0.15, -0.1) is 0 Å². The lowest BCUT2D eigenvalue weighted by atomic mass is 10.1. The average Bonchev–Trinajstić information content (AvgIpc) is 2.28. The first-order valence-electron chi connectivity index (χ1n) is 6.77. The second kappa shape index (κ2) is 10.0. The van der Waals surface area contributed by atoms with E-state index < -0.39 is 5.60 Å². The molecule has 0 aliphatic rings. The van der Waals surface area contributed by atoms with Gasteiger partial charge in [0.25, 0.3) is 0 Å². The first-order valence-corrected chi connectivity index (χ1v) is 7.15. The number of ether oxygens (including phenoxy) is 2. The van der Waals surface area contributed by atoms with Gasteiger partial charge in [-0.05, 0) is 33.6 Å². The molecule has 0 rings (SSSR count). The summed E-state index contributed by atoms with van der Waals surface area (Å²) in [4.78, 5) is 11.4. The highest BCUT2D eigenvalue weighted by Gasteiger charge is 2.15. The number of halogens is 1. The Labute approximate surface area is 127 Å². The first kappa shape index (κ1) is 19.2. The van der Waals surface area contributed by atoms with Crippen LogP contribution in [0.15, 0.2) is 11.6 Å². The molecule has 1 amide bonds. The predicted octanol–water partition coefficient (Wildman–Crippen LogP) is 2.65. The van der Waals surface area contributed by atoms with E-state index in [4.69, 9.17) is 21.1 Å².